The first kappa shape index (κ1) is 23.8. The van der Waals surface area contributed by atoms with E-state index in [1.54, 1.807) is 12.4 Å². The molecule has 3 aliphatic rings. The Morgan fingerprint density at radius 3 is 1.97 bits per heavy atom. The van der Waals surface area contributed by atoms with Crippen LogP contribution in [0.4, 0.5) is 18.0 Å². The Morgan fingerprint density at radius 2 is 1.47 bits per heavy atom. The number of urea groups is 1. The number of carboxylic acid groups (broad SMARTS) is 1. The zero-order valence-corrected chi connectivity index (χ0v) is 17.7. The van der Waals surface area contributed by atoms with Crippen molar-refractivity contribution in [2.45, 2.75) is 38.3 Å². The van der Waals surface area contributed by atoms with Crippen LogP contribution in [0.5, 0.6) is 0 Å². The third-order valence-electron chi connectivity index (χ3n) is 6.35. The van der Waals surface area contributed by atoms with Gasteiger partial charge in [-0.05, 0) is 49.7 Å². The predicted molar refractivity (Wildman–Crippen MR) is 108 cm³/mol. The first-order chi connectivity index (χ1) is 15.1. The van der Waals surface area contributed by atoms with Crippen LogP contribution in [0.25, 0.3) is 0 Å². The second-order valence-electron chi connectivity index (χ2n) is 8.49. The molecule has 11 heteroatoms. The molecule has 1 aromatic rings. The van der Waals surface area contributed by atoms with E-state index in [0.717, 1.165) is 71.4 Å². The van der Waals surface area contributed by atoms with Gasteiger partial charge in [-0.25, -0.2) is 9.59 Å². The van der Waals surface area contributed by atoms with Crippen molar-refractivity contribution in [3.05, 3.63) is 30.1 Å². The van der Waals surface area contributed by atoms with Gasteiger partial charge in [0.25, 0.3) is 5.91 Å². The van der Waals surface area contributed by atoms with Gasteiger partial charge in [0, 0.05) is 51.7 Å². The molecule has 0 atom stereocenters. The van der Waals surface area contributed by atoms with E-state index in [1.807, 2.05) is 26.8 Å². The molecular weight excluding hydrogens is 429 g/mol. The summed E-state index contributed by atoms with van der Waals surface area (Å²) in [5.41, 5.74) is 0.862. The lowest BCUT2D eigenvalue weighted by atomic mass is 9.78. The minimum Gasteiger partial charge on any atom is -0.475 e. The van der Waals surface area contributed by atoms with Crippen molar-refractivity contribution in [3.63, 3.8) is 0 Å². The van der Waals surface area contributed by atoms with E-state index < -0.39 is 12.1 Å². The summed E-state index contributed by atoms with van der Waals surface area (Å²) in [7, 11) is 0. The number of aliphatic carboxylic acids is 1. The van der Waals surface area contributed by atoms with Crippen LogP contribution in [-0.4, -0.2) is 88.1 Å². The third-order valence-corrected chi connectivity index (χ3v) is 6.35. The summed E-state index contributed by atoms with van der Waals surface area (Å²) in [4.78, 5) is 44.1. The van der Waals surface area contributed by atoms with Crippen LogP contribution in [0.1, 0.15) is 42.5 Å². The summed E-state index contributed by atoms with van der Waals surface area (Å²) in [5, 5.41) is 7.12. The molecule has 4 rings (SSSR count). The van der Waals surface area contributed by atoms with Crippen molar-refractivity contribution >= 4 is 17.9 Å². The summed E-state index contributed by atoms with van der Waals surface area (Å²) in [6, 6.07) is 3.85. The molecule has 0 aromatic carbocycles. The average Bonchev–Trinajstić information content (AvgIpc) is 3.45. The number of hydrogen-bond acceptors (Lipinski definition) is 4. The molecule has 32 heavy (non-hydrogen) atoms. The number of piperidine rings is 1. The number of amides is 3. The van der Waals surface area contributed by atoms with Gasteiger partial charge in [-0.2, -0.15) is 13.2 Å². The quantitative estimate of drug-likeness (QED) is 0.702. The Balaban J connectivity index is 0.000000360. The van der Waals surface area contributed by atoms with Gasteiger partial charge >= 0.3 is 18.2 Å². The van der Waals surface area contributed by atoms with Crippen molar-refractivity contribution in [3.8, 4) is 0 Å². The zero-order valence-electron chi connectivity index (χ0n) is 17.7. The SMILES string of the molecule is O=C(O)C(F)(F)F.O=C(c1cccnc1)N1CCC2(CCN(C(=O)N3CCCC3)CC2)C1. The molecule has 1 spiro atoms. The zero-order chi connectivity index (χ0) is 23.4. The molecule has 0 aliphatic carbocycles. The number of halogens is 3. The van der Waals surface area contributed by atoms with Crippen LogP contribution < -0.4 is 0 Å². The van der Waals surface area contributed by atoms with Crippen molar-refractivity contribution in [1.29, 1.82) is 0 Å². The highest BCUT2D eigenvalue weighted by Crippen LogP contribution is 2.41. The number of alkyl halides is 3. The monoisotopic (exact) mass is 456 g/mol. The van der Waals surface area contributed by atoms with Gasteiger partial charge in [-0.3, -0.25) is 9.78 Å². The Bertz CT molecular complexity index is 820. The van der Waals surface area contributed by atoms with Crippen LogP contribution in [0.2, 0.25) is 0 Å². The van der Waals surface area contributed by atoms with Gasteiger partial charge in [0.2, 0.25) is 0 Å². The number of carboxylic acids is 1. The number of pyridine rings is 1. The van der Waals surface area contributed by atoms with E-state index in [1.165, 1.54) is 0 Å². The lowest BCUT2D eigenvalue weighted by Gasteiger charge is -2.40. The maximum absolute atomic E-state index is 12.6. The Labute approximate surface area is 184 Å². The summed E-state index contributed by atoms with van der Waals surface area (Å²) in [6.07, 6.45) is 3.57. The highest BCUT2D eigenvalue weighted by atomic mass is 19.4. The summed E-state index contributed by atoms with van der Waals surface area (Å²) < 4.78 is 31.7. The highest BCUT2D eigenvalue weighted by molar-refractivity contribution is 5.94. The number of aromatic nitrogens is 1. The molecule has 176 valence electrons. The number of hydrogen-bond donors (Lipinski definition) is 1. The lowest BCUT2D eigenvalue weighted by Crippen LogP contribution is -2.49. The fourth-order valence-corrected chi connectivity index (χ4v) is 4.47. The molecule has 0 bridgehead atoms. The Morgan fingerprint density at radius 1 is 0.938 bits per heavy atom. The number of carbonyl (C=O) groups is 3. The molecule has 1 N–H and O–H groups in total. The van der Waals surface area contributed by atoms with Crippen LogP contribution in [0.15, 0.2) is 24.5 Å². The molecule has 0 radical (unpaired) electrons. The molecule has 3 saturated heterocycles. The molecule has 0 saturated carbocycles. The average molecular weight is 456 g/mol. The molecule has 8 nitrogen and oxygen atoms in total. The molecular formula is C21H27F3N4O4. The summed E-state index contributed by atoms with van der Waals surface area (Å²) in [5.74, 6) is -2.67. The van der Waals surface area contributed by atoms with Gasteiger partial charge in [-0.15, -0.1) is 0 Å². The van der Waals surface area contributed by atoms with E-state index in [4.69, 9.17) is 9.90 Å². The van der Waals surface area contributed by atoms with Crippen LogP contribution in [0, 0.1) is 5.41 Å². The maximum Gasteiger partial charge on any atom is 0.490 e. The number of carbonyl (C=O) groups excluding carboxylic acids is 2. The largest absolute Gasteiger partial charge is 0.490 e. The standard InChI is InChI=1S/C19H26N4O2.C2HF3O2/c24-17(16-4-3-8-20-14-16)23-13-7-19(15-23)5-11-22(12-6-19)18(25)21-9-1-2-10-21;3-2(4,5)1(6)7/h3-4,8,14H,1-2,5-7,9-13,15H2;(H,6,7). The highest BCUT2D eigenvalue weighted by Gasteiger charge is 2.43. The summed E-state index contributed by atoms with van der Waals surface area (Å²) >= 11 is 0. The van der Waals surface area contributed by atoms with E-state index >= 15 is 0 Å². The smallest absolute Gasteiger partial charge is 0.475 e. The van der Waals surface area contributed by atoms with Gasteiger partial charge in [0.15, 0.2) is 0 Å². The molecule has 3 fully saturated rings. The van der Waals surface area contributed by atoms with Gasteiger partial charge in [0.1, 0.15) is 0 Å². The Hall–Kier alpha value is -2.85. The first-order valence-electron chi connectivity index (χ1n) is 10.6. The number of nitrogens with zero attached hydrogens (tertiary/aromatic N) is 4. The van der Waals surface area contributed by atoms with Gasteiger partial charge < -0.3 is 19.8 Å². The minimum atomic E-state index is -5.08. The number of rotatable bonds is 1. The van der Waals surface area contributed by atoms with E-state index in [9.17, 15) is 22.8 Å². The van der Waals surface area contributed by atoms with Gasteiger partial charge in [-0.1, -0.05) is 0 Å². The van der Waals surface area contributed by atoms with Crippen LogP contribution in [-0.2, 0) is 4.79 Å². The van der Waals surface area contributed by atoms with Gasteiger partial charge in [0.05, 0.1) is 5.56 Å². The predicted octanol–water partition coefficient (Wildman–Crippen LogP) is 2.86. The Kier molecular flexibility index (Phi) is 7.25. The second kappa shape index (κ2) is 9.74. The van der Waals surface area contributed by atoms with Crippen molar-refractivity contribution in [2.24, 2.45) is 5.41 Å². The molecule has 1 aromatic heterocycles. The second-order valence-corrected chi connectivity index (χ2v) is 8.49. The first-order valence-corrected chi connectivity index (χ1v) is 10.6. The van der Waals surface area contributed by atoms with E-state index in [2.05, 4.69) is 4.98 Å². The van der Waals surface area contributed by atoms with Crippen LogP contribution >= 0.6 is 0 Å². The molecule has 3 amide bonds. The maximum atomic E-state index is 12.6. The normalized spacial score (nSPS) is 20.2. The fourth-order valence-electron chi connectivity index (χ4n) is 4.47. The number of likely N-dealkylation sites (tertiary alicyclic amines) is 3. The van der Waals surface area contributed by atoms with Crippen LogP contribution in [0.3, 0.4) is 0 Å². The minimum absolute atomic E-state index is 0.0838. The topological polar surface area (TPSA) is 94.0 Å². The molecule has 0 unspecified atom stereocenters. The fraction of sp³-hybridized carbons (Fsp3) is 0.619. The molecule has 4 heterocycles. The van der Waals surface area contributed by atoms with E-state index in [0.29, 0.717) is 5.56 Å². The van der Waals surface area contributed by atoms with E-state index in [-0.39, 0.29) is 17.4 Å². The lowest BCUT2D eigenvalue weighted by molar-refractivity contribution is -0.192. The molecule has 3 aliphatic heterocycles. The van der Waals surface area contributed by atoms with Crippen molar-refractivity contribution < 1.29 is 32.7 Å². The summed E-state index contributed by atoms with van der Waals surface area (Å²) in [6.45, 7) is 5.09. The van der Waals surface area contributed by atoms with Crippen molar-refractivity contribution in [2.75, 3.05) is 39.3 Å². The van der Waals surface area contributed by atoms with Crippen molar-refractivity contribution in [1.82, 2.24) is 19.7 Å². The third kappa shape index (κ3) is 5.68.